The number of oxime groups is 1. The molecule has 2 atom stereocenters. The Morgan fingerprint density at radius 1 is 1.47 bits per heavy atom. The summed E-state index contributed by atoms with van der Waals surface area (Å²) in [4.78, 5) is 7.68. The quantitative estimate of drug-likeness (QED) is 0.470. The number of rotatable bonds is 2. The zero-order valence-corrected chi connectivity index (χ0v) is 11.4. The third kappa shape index (κ3) is 3.09. The zero-order valence-electron chi connectivity index (χ0n) is 10.6. The largest absolute Gasteiger partial charge is 0.383 e. The number of piperidine rings is 1. The van der Waals surface area contributed by atoms with Gasteiger partial charge < -0.3 is 4.84 Å². The molecule has 4 heteroatoms. The lowest BCUT2D eigenvalue weighted by Gasteiger charge is -2.12. The highest BCUT2D eigenvalue weighted by Gasteiger charge is 2.35. The number of nitrogens with zero attached hydrogens (tertiary/aromatic N) is 2. The van der Waals surface area contributed by atoms with Crippen LogP contribution in [0.15, 0.2) is 29.4 Å². The van der Waals surface area contributed by atoms with Crippen molar-refractivity contribution in [1.29, 1.82) is 0 Å². The fourth-order valence-electron chi connectivity index (χ4n) is 2.56. The van der Waals surface area contributed by atoms with Gasteiger partial charge in [0, 0.05) is 29.6 Å². The van der Waals surface area contributed by atoms with Gasteiger partial charge in [0.25, 0.3) is 0 Å². The Morgan fingerprint density at radius 2 is 2.42 bits per heavy atom. The second-order valence-corrected chi connectivity index (χ2v) is 5.33. The Morgan fingerprint density at radius 3 is 3.16 bits per heavy atom. The van der Waals surface area contributed by atoms with Gasteiger partial charge in [-0.3, -0.25) is 4.90 Å². The average Bonchev–Trinajstić information content (AvgIpc) is 3.01. The molecule has 19 heavy (non-hydrogen) atoms. The molecule has 2 fully saturated rings. The fourth-order valence-corrected chi connectivity index (χ4v) is 2.75. The molecule has 0 spiro atoms. The van der Waals surface area contributed by atoms with E-state index in [1.54, 1.807) is 0 Å². The monoisotopic (exact) mass is 274 g/mol. The predicted octanol–water partition coefficient (Wildman–Crippen LogP) is 2.40. The average molecular weight is 275 g/mol. The molecule has 3 rings (SSSR count). The van der Waals surface area contributed by atoms with Gasteiger partial charge in [0.15, 0.2) is 6.61 Å². The van der Waals surface area contributed by atoms with Gasteiger partial charge >= 0.3 is 0 Å². The van der Waals surface area contributed by atoms with Crippen LogP contribution in [0, 0.1) is 17.8 Å². The second kappa shape index (κ2) is 5.64. The molecule has 0 N–H and O–H groups in total. The standard InChI is InChI=1S/C15H15ClN2O/c16-14-5-1-3-12(9-14)4-2-8-19-17-15-11-18-7-6-13(15)10-18/h1,3,5,9,13H,6-8,10-11H2/b17-15-. The van der Waals surface area contributed by atoms with Gasteiger partial charge in [-0.1, -0.05) is 34.7 Å². The van der Waals surface area contributed by atoms with Crippen molar-refractivity contribution in [2.24, 2.45) is 11.1 Å². The first-order chi connectivity index (χ1) is 9.31. The molecular weight excluding hydrogens is 260 g/mol. The van der Waals surface area contributed by atoms with Crippen molar-refractivity contribution in [2.45, 2.75) is 6.42 Å². The Bertz CT molecular complexity index is 559. The lowest BCUT2D eigenvalue weighted by atomic mass is 10.0. The van der Waals surface area contributed by atoms with Gasteiger partial charge in [0.2, 0.25) is 0 Å². The number of hydrogen-bond acceptors (Lipinski definition) is 3. The zero-order chi connectivity index (χ0) is 13.1. The van der Waals surface area contributed by atoms with E-state index in [0.717, 1.165) is 18.7 Å². The minimum absolute atomic E-state index is 0.322. The van der Waals surface area contributed by atoms with E-state index in [-0.39, 0.29) is 0 Å². The van der Waals surface area contributed by atoms with E-state index in [2.05, 4.69) is 21.9 Å². The van der Waals surface area contributed by atoms with Gasteiger partial charge in [-0.2, -0.15) is 0 Å². The predicted molar refractivity (Wildman–Crippen MR) is 76.3 cm³/mol. The highest BCUT2D eigenvalue weighted by Crippen LogP contribution is 2.25. The lowest BCUT2D eigenvalue weighted by Crippen LogP contribution is -2.23. The first-order valence-corrected chi connectivity index (χ1v) is 6.84. The Balaban J connectivity index is 1.50. The Labute approximate surface area is 118 Å². The van der Waals surface area contributed by atoms with Crippen LogP contribution in [0.4, 0.5) is 0 Å². The summed E-state index contributed by atoms with van der Waals surface area (Å²) in [6.07, 6.45) is 1.22. The number of fused-ring (bicyclic) bond motifs is 2. The van der Waals surface area contributed by atoms with Crippen LogP contribution in [0.25, 0.3) is 0 Å². The van der Waals surface area contributed by atoms with Crippen molar-refractivity contribution in [3.8, 4) is 11.8 Å². The number of benzene rings is 1. The summed E-state index contributed by atoms with van der Waals surface area (Å²) in [6, 6.07) is 7.48. The van der Waals surface area contributed by atoms with E-state index < -0.39 is 0 Å². The lowest BCUT2D eigenvalue weighted by molar-refractivity contribution is 0.177. The maximum Gasteiger partial charge on any atom is 0.177 e. The molecule has 2 aliphatic rings. The molecule has 0 radical (unpaired) electrons. The highest BCUT2D eigenvalue weighted by molar-refractivity contribution is 6.30. The summed E-state index contributed by atoms with van der Waals surface area (Å²) in [5.74, 6) is 6.56. The van der Waals surface area contributed by atoms with Crippen LogP contribution < -0.4 is 0 Å². The Hall–Kier alpha value is -1.50. The molecule has 2 heterocycles. The molecule has 2 aliphatic heterocycles. The first-order valence-electron chi connectivity index (χ1n) is 6.47. The molecule has 0 aromatic heterocycles. The van der Waals surface area contributed by atoms with E-state index in [0.29, 0.717) is 17.5 Å². The smallest absolute Gasteiger partial charge is 0.177 e. The van der Waals surface area contributed by atoms with Crippen LogP contribution in [-0.2, 0) is 4.84 Å². The molecule has 2 saturated heterocycles. The van der Waals surface area contributed by atoms with Gasteiger partial charge in [-0.25, -0.2) is 0 Å². The van der Waals surface area contributed by atoms with Gasteiger partial charge in [0.1, 0.15) is 0 Å². The normalized spacial score (nSPS) is 26.3. The summed E-state index contributed by atoms with van der Waals surface area (Å²) in [6.45, 7) is 3.64. The van der Waals surface area contributed by atoms with E-state index in [9.17, 15) is 0 Å². The van der Waals surface area contributed by atoms with Crippen LogP contribution in [0.3, 0.4) is 0 Å². The number of hydrogen-bond donors (Lipinski definition) is 0. The van der Waals surface area contributed by atoms with Gasteiger partial charge in [0.05, 0.1) is 5.71 Å². The van der Waals surface area contributed by atoms with Crippen molar-refractivity contribution >= 4 is 17.3 Å². The third-order valence-electron chi connectivity index (χ3n) is 3.51. The van der Waals surface area contributed by atoms with Crippen molar-refractivity contribution in [2.75, 3.05) is 26.2 Å². The van der Waals surface area contributed by atoms with Crippen molar-refractivity contribution in [3.05, 3.63) is 34.9 Å². The summed E-state index contributed by atoms with van der Waals surface area (Å²) in [5, 5.41) is 4.90. The maximum absolute atomic E-state index is 5.88. The van der Waals surface area contributed by atoms with Crippen molar-refractivity contribution in [1.82, 2.24) is 4.90 Å². The SMILES string of the molecule is Clc1cccc(C#CCO/N=C2/CN3CCC2C3)c1. The second-order valence-electron chi connectivity index (χ2n) is 4.89. The minimum atomic E-state index is 0.322. The molecule has 2 unspecified atom stereocenters. The molecule has 0 amide bonds. The first kappa shape index (κ1) is 12.5. The molecule has 1 aromatic rings. The van der Waals surface area contributed by atoms with Gasteiger partial charge in [-0.15, -0.1) is 0 Å². The molecule has 1 aromatic carbocycles. The van der Waals surface area contributed by atoms with Crippen LogP contribution in [-0.4, -0.2) is 36.9 Å². The summed E-state index contributed by atoms with van der Waals surface area (Å²) in [5.41, 5.74) is 2.07. The van der Waals surface area contributed by atoms with E-state index in [1.807, 2.05) is 24.3 Å². The Kier molecular flexibility index (Phi) is 3.72. The van der Waals surface area contributed by atoms with Crippen molar-refractivity contribution < 1.29 is 4.84 Å². The summed E-state index contributed by atoms with van der Waals surface area (Å²) >= 11 is 5.88. The van der Waals surface area contributed by atoms with Crippen LogP contribution in [0.5, 0.6) is 0 Å². The summed E-state index contributed by atoms with van der Waals surface area (Å²) in [7, 11) is 0. The highest BCUT2D eigenvalue weighted by atomic mass is 35.5. The maximum atomic E-state index is 5.88. The van der Waals surface area contributed by atoms with Crippen molar-refractivity contribution in [3.63, 3.8) is 0 Å². The molecule has 98 valence electrons. The topological polar surface area (TPSA) is 24.8 Å². The molecule has 2 bridgehead atoms. The minimum Gasteiger partial charge on any atom is -0.383 e. The molecule has 0 saturated carbocycles. The van der Waals surface area contributed by atoms with Crippen LogP contribution in [0.1, 0.15) is 12.0 Å². The van der Waals surface area contributed by atoms with E-state index >= 15 is 0 Å². The molecule has 0 aliphatic carbocycles. The van der Waals surface area contributed by atoms with Crippen LogP contribution >= 0.6 is 11.6 Å². The summed E-state index contributed by atoms with van der Waals surface area (Å²) < 4.78 is 0. The third-order valence-corrected chi connectivity index (χ3v) is 3.74. The number of halogens is 1. The van der Waals surface area contributed by atoms with E-state index in [1.165, 1.54) is 18.7 Å². The van der Waals surface area contributed by atoms with Crippen LogP contribution in [0.2, 0.25) is 5.02 Å². The molecular formula is C15H15ClN2O. The molecule has 3 nitrogen and oxygen atoms in total. The fraction of sp³-hybridized carbons (Fsp3) is 0.400. The van der Waals surface area contributed by atoms with E-state index in [4.69, 9.17) is 16.4 Å². The van der Waals surface area contributed by atoms with Gasteiger partial charge in [-0.05, 0) is 31.2 Å².